The van der Waals surface area contributed by atoms with Crippen molar-refractivity contribution in [1.82, 2.24) is 5.32 Å². The molecule has 0 saturated carbocycles. The lowest BCUT2D eigenvalue weighted by atomic mass is 9.96. The third-order valence-electron chi connectivity index (χ3n) is 3.96. The van der Waals surface area contributed by atoms with Crippen molar-refractivity contribution in [2.75, 3.05) is 13.7 Å². The lowest BCUT2D eigenvalue weighted by Crippen LogP contribution is -2.41. The normalized spacial score (nSPS) is 13.2. The van der Waals surface area contributed by atoms with Gasteiger partial charge in [0.1, 0.15) is 11.8 Å². The molecule has 0 radical (unpaired) electrons. The van der Waals surface area contributed by atoms with Gasteiger partial charge in [-0.25, -0.2) is 4.79 Å². The molecule has 0 heterocycles. The van der Waals surface area contributed by atoms with Crippen LogP contribution in [0.4, 0.5) is 0 Å². The number of rotatable bonds is 6. The topological polar surface area (TPSA) is 64.6 Å². The first-order chi connectivity index (χ1) is 11.5. The van der Waals surface area contributed by atoms with E-state index in [9.17, 15) is 9.59 Å². The predicted molar refractivity (Wildman–Crippen MR) is 93.2 cm³/mol. The van der Waals surface area contributed by atoms with E-state index in [2.05, 4.69) is 5.32 Å². The number of esters is 1. The summed E-state index contributed by atoms with van der Waals surface area (Å²) in [5, 5.41) is 4.78. The number of methoxy groups -OCH3 is 1. The van der Waals surface area contributed by atoms with Gasteiger partial charge >= 0.3 is 5.97 Å². The summed E-state index contributed by atoms with van der Waals surface area (Å²) in [5.74, 6) is -0.204. The lowest BCUT2D eigenvalue weighted by molar-refractivity contribution is -0.147. The Morgan fingerprint density at radius 2 is 1.75 bits per heavy atom. The zero-order valence-electron chi connectivity index (χ0n) is 14.5. The highest BCUT2D eigenvalue weighted by Gasteiger charge is 2.21. The second-order valence-corrected chi connectivity index (χ2v) is 5.68. The van der Waals surface area contributed by atoms with Crippen molar-refractivity contribution in [3.05, 3.63) is 42.0 Å². The molecule has 128 valence electrons. The van der Waals surface area contributed by atoms with Gasteiger partial charge in [-0.3, -0.25) is 4.79 Å². The molecule has 2 aromatic rings. The maximum Gasteiger partial charge on any atom is 0.328 e. The van der Waals surface area contributed by atoms with E-state index in [1.807, 2.05) is 43.3 Å². The highest BCUT2D eigenvalue weighted by Crippen LogP contribution is 2.25. The molecule has 5 heteroatoms. The number of benzene rings is 2. The summed E-state index contributed by atoms with van der Waals surface area (Å²) >= 11 is 0. The molecule has 24 heavy (non-hydrogen) atoms. The van der Waals surface area contributed by atoms with E-state index >= 15 is 0 Å². The van der Waals surface area contributed by atoms with E-state index in [4.69, 9.17) is 9.47 Å². The molecule has 0 fully saturated rings. The van der Waals surface area contributed by atoms with Crippen molar-refractivity contribution in [2.45, 2.75) is 32.7 Å². The van der Waals surface area contributed by atoms with Crippen LogP contribution >= 0.6 is 0 Å². The van der Waals surface area contributed by atoms with Crippen LogP contribution in [-0.2, 0) is 14.3 Å². The van der Waals surface area contributed by atoms with Crippen LogP contribution in [0.5, 0.6) is 5.75 Å². The SMILES string of the molecule is CCOC(=O)C(C)NC(=O)C(C)c1ccc2cc(OC)ccc2c1. The van der Waals surface area contributed by atoms with Crippen LogP contribution in [-0.4, -0.2) is 31.6 Å². The molecule has 1 N–H and O–H groups in total. The van der Waals surface area contributed by atoms with Crippen molar-refractivity contribution in [3.63, 3.8) is 0 Å². The summed E-state index contributed by atoms with van der Waals surface area (Å²) in [6.07, 6.45) is 0. The number of carbonyl (C=O) groups is 2. The van der Waals surface area contributed by atoms with E-state index in [1.165, 1.54) is 0 Å². The number of hydrogen-bond acceptors (Lipinski definition) is 4. The fraction of sp³-hybridized carbons (Fsp3) is 0.368. The zero-order chi connectivity index (χ0) is 17.7. The Hall–Kier alpha value is -2.56. The maximum absolute atomic E-state index is 12.4. The van der Waals surface area contributed by atoms with E-state index in [-0.39, 0.29) is 11.8 Å². The molecular weight excluding hydrogens is 306 g/mol. The maximum atomic E-state index is 12.4. The average molecular weight is 329 g/mol. The number of amides is 1. The fourth-order valence-electron chi connectivity index (χ4n) is 2.45. The Labute approximate surface area is 141 Å². The van der Waals surface area contributed by atoms with Gasteiger partial charge in [0.15, 0.2) is 0 Å². The third kappa shape index (κ3) is 4.04. The molecule has 0 aliphatic carbocycles. The summed E-state index contributed by atoms with van der Waals surface area (Å²) in [6.45, 7) is 5.47. The minimum Gasteiger partial charge on any atom is -0.497 e. The first kappa shape index (κ1) is 17.8. The molecule has 2 unspecified atom stereocenters. The van der Waals surface area contributed by atoms with Crippen LogP contribution < -0.4 is 10.1 Å². The number of carbonyl (C=O) groups excluding carboxylic acids is 2. The van der Waals surface area contributed by atoms with Crippen molar-refractivity contribution >= 4 is 22.6 Å². The highest BCUT2D eigenvalue weighted by atomic mass is 16.5. The van der Waals surface area contributed by atoms with Crippen molar-refractivity contribution in [3.8, 4) is 5.75 Å². The lowest BCUT2D eigenvalue weighted by Gasteiger charge is -2.17. The quantitative estimate of drug-likeness (QED) is 0.828. The molecule has 2 atom stereocenters. The van der Waals surface area contributed by atoms with Crippen molar-refractivity contribution < 1.29 is 19.1 Å². The van der Waals surface area contributed by atoms with E-state index in [0.29, 0.717) is 6.61 Å². The Kier molecular flexibility index (Phi) is 5.79. The van der Waals surface area contributed by atoms with Crippen LogP contribution in [0.3, 0.4) is 0 Å². The first-order valence-electron chi connectivity index (χ1n) is 8.01. The first-order valence-corrected chi connectivity index (χ1v) is 8.01. The van der Waals surface area contributed by atoms with Gasteiger partial charge in [-0.1, -0.05) is 24.3 Å². The number of fused-ring (bicyclic) bond motifs is 1. The summed E-state index contributed by atoms with van der Waals surface area (Å²) in [6, 6.07) is 11.0. The smallest absolute Gasteiger partial charge is 0.328 e. The Morgan fingerprint density at radius 3 is 2.42 bits per heavy atom. The summed E-state index contributed by atoms with van der Waals surface area (Å²) in [7, 11) is 1.63. The summed E-state index contributed by atoms with van der Waals surface area (Å²) in [5.41, 5.74) is 0.890. The molecule has 0 spiro atoms. The average Bonchev–Trinajstić information content (AvgIpc) is 2.60. The van der Waals surface area contributed by atoms with Gasteiger partial charge < -0.3 is 14.8 Å². The third-order valence-corrected chi connectivity index (χ3v) is 3.96. The van der Waals surface area contributed by atoms with Gasteiger partial charge in [-0.2, -0.15) is 0 Å². The minimum absolute atomic E-state index is 0.205. The number of ether oxygens (including phenoxy) is 2. The molecule has 0 aliphatic heterocycles. The van der Waals surface area contributed by atoms with Crippen LogP contribution in [0, 0.1) is 0 Å². The molecule has 0 aliphatic rings. The van der Waals surface area contributed by atoms with E-state index in [0.717, 1.165) is 22.1 Å². The summed E-state index contributed by atoms with van der Waals surface area (Å²) < 4.78 is 10.1. The highest BCUT2D eigenvalue weighted by molar-refractivity contribution is 5.90. The largest absolute Gasteiger partial charge is 0.497 e. The van der Waals surface area contributed by atoms with Gasteiger partial charge in [0.25, 0.3) is 0 Å². The molecule has 1 amide bonds. The van der Waals surface area contributed by atoms with Gasteiger partial charge in [0, 0.05) is 0 Å². The molecular formula is C19H23NO4. The molecule has 2 rings (SSSR count). The Morgan fingerprint density at radius 1 is 1.08 bits per heavy atom. The van der Waals surface area contributed by atoms with Crippen LogP contribution in [0.25, 0.3) is 10.8 Å². The van der Waals surface area contributed by atoms with Crippen LogP contribution in [0.2, 0.25) is 0 Å². The molecule has 0 aromatic heterocycles. The Balaban J connectivity index is 2.13. The summed E-state index contributed by atoms with van der Waals surface area (Å²) in [4.78, 5) is 24.0. The fourth-order valence-corrected chi connectivity index (χ4v) is 2.45. The monoisotopic (exact) mass is 329 g/mol. The second-order valence-electron chi connectivity index (χ2n) is 5.68. The molecule has 5 nitrogen and oxygen atoms in total. The standard InChI is InChI=1S/C19H23NO4/c1-5-24-19(22)13(3)20-18(21)12(2)14-6-7-16-11-17(23-4)9-8-15(16)10-14/h6-13H,5H2,1-4H3,(H,20,21). The van der Waals surface area contributed by atoms with Gasteiger partial charge in [0.05, 0.1) is 19.6 Å². The van der Waals surface area contributed by atoms with Crippen molar-refractivity contribution in [2.24, 2.45) is 0 Å². The Bertz CT molecular complexity index is 741. The van der Waals surface area contributed by atoms with Crippen molar-refractivity contribution in [1.29, 1.82) is 0 Å². The predicted octanol–water partition coefficient (Wildman–Crippen LogP) is 3.02. The zero-order valence-corrected chi connectivity index (χ0v) is 14.5. The number of nitrogens with one attached hydrogen (secondary N) is 1. The minimum atomic E-state index is -0.662. The van der Waals surface area contributed by atoms with Gasteiger partial charge in [-0.15, -0.1) is 0 Å². The van der Waals surface area contributed by atoms with Crippen LogP contribution in [0.15, 0.2) is 36.4 Å². The molecule has 0 saturated heterocycles. The van der Waals surface area contributed by atoms with E-state index < -0.39 is 12.0 Å². The van der Waals surface area contributed by atoms with Gasteiger partial charge in [0.2, 0.25) is 5.91 Å². The van der Waals surface area contributed by atoms with E-state index in [1.54, 1.807) is 21.0 Å². The molecule has 2 aromatic carbocycles. The van der Waals surface area contributed by atoms with Gasteiger partial charge in [-0.05, 0) is 49.2 Å². The number of hydrogen-bond donors (Lipinski definition) is 1. The van der Waals surface area contributed by atoms with Crippen LogP contribution in [0.1, 0.15) is 32.3 Å². The molecule has 0 bridgehead atoms. The second kappa shape index (κ2) is 7.81.